The molecular weight excluding hydrogens is 315 g/mol. The predicted molar refractivity (Wildman–Crippen MR) is 82.2 cm³/mol. The fraction of sp³-hybridized carbons (Fsp3) is 0.0714. The molecule has 5 nitrogen and oxygen atoms in total. The van der Waals surface area contributed by atoms with Crippen LogP contribution < -0.4 is 5.32 Å². The number of carbonyl (C=O) groups excluding carboxylic acids is 1. The van der Waals surface area contributed by atoms with Crippen LogP contribution in [-0.2, 0) is 0 Å². The summed E-state index contributed by atoms with van der Waals surface area (Å²) in [4.78, 5) is 22.2. The first-order valence-corrected chi connectivity index (χ1v) is 6.66. The lowest BCUT2D eigenvalue weighted by Crippen LogP contribution is -2.13. The second-order valence-corrected chi connectivity index (χ2v) is 5.12. The summed E-state index contributed by atoms with van der Waals surface area (Å²) in [6.45, 7) is 1.81. The van der Waals surface area contributed by atoms with E-state index >= 15 is 0 Å². The van der Waals surface area contributed by atoms with Crippen molar-refractivity contribution in [3.8, 4) is 0 Å². The summed E-state index contributed by atoms with van der Waals surface area (Å²) in [7, 11) is 0. The van der Waals surface area contributed by atoms with Crippen LogP contribution >= 0.6 is 23.2 Å². The normalized spacial score (nSPS) is 10.2. The van der Waals surface area contributed by atoms with Crippen LogP contribution in [0, 0.1) is 17.0 Å². The van der Waals surface area contributed by atoms with Gasteiger partial charge in [0, 0.05) is 11.6 Å². The number of carbonyl (C=O) groups is 1. The zero-order chi connectivity index (χ0) is 15.6. The van der Waals surface area contributed by atoms with Gasteiger partial charge in [-0.3, -0.25) is 14.9 Å². The van der Waals surface area contributed by atoms with Crippen LogP contribution in [0.15, 0.2) is 36.4 Å². The molecule has 0 fully saturated rings. The summed E-state index contributed by atoms with van der Waals surface area (Å²) >= 11 is 11.8. The van der Waals surface area contributed by atoms with Crippen molar-refractivity contribution in [2.75, 3.05) is 5.32 Å². The van der Waals surface area contributed by atoms with E-state index in [-0.39, 0.29) is 16.3 Å². The van der Waals surface area contributed by atoms with Gasteiger partial charge in [-0.25, -0.2) is 0 Å². The number of nitrogens with zero attached hydrogens (tertiary/aromatic N) is 1. The molecule has 0 saturated heterocycles. The Hall–Kier alpha value is -2.11. The number of aryl methyl sites for hydroxylation is 1. The first-order valence-electron chi connectivity index (χ1n) is 5.90. The molecule has 0 bridgehead atoms. The van der Waals surface area contributed by atoms with Crippen molar-refractivity contribution in [3.63, 3.8) is 0 Å². The van der Waals surface area contributed by atoms with Crippen LogP contribution in [0.5, 0.6) is 0 Å². The number of hydrogen-bond donors (Lipinski definition) is 1. The predicted octanol–water partition coefficient (Wildman–Crippen LogP) is 4.46. The van der Waals surface area contributed by atoms with Gasteiger partial charge in [0.1, 0.15) is 5.02 Å². The van der Waals surface area contributed by atoms with E-state index < -0.39 is 10.8 Å². The van der Waals surface area contributed by atoms with Crippen LogP contribution in [-0.4, -0.2) is 10.8 Å². The summed E-state index contributed by atoms with van der Waals surface area (Å²) < 4.78 is 0. The van der Waals surface area contributed by atoms with Gasteiger partial charge in [0.25, 0.3) is 11.6 Å². The van der Waals surface area contributed by atoms with E-state index in [1.54, 1.807) is 12.1 Å². The molecule has 0 heterocycles. The maximum absolute atomic E-state index is 12.2. The summed E-state index contributed by atoms with van der Waals surface area (Å²) in [5, 5.41) is 13.7. The number of nitro benzene ring substituents is 1. The largest absolute Gasteiger partial charge is 0.320 e. The smallest absolute Gasteiger partial charge is 0.287 e. The molecule has 2 rings (SSSR count). The number of rotatable bonds is 3. The van der Waals surface area contributed by atoms with Gasteiger partial charge in [0.05, 0.1) is 15.6 Å². The Morgan fingerprint density at radius 1 is 1.19 bits per heavy atom. The number of para-hydroxylation sites is 1. The Balaban J connectivity index is 2.29. The Morgan fingerprint density at radius 3 is 2.48 bits per heavy atom. The summed E-state index contributed by atoms with van der Waals surface area (Å²) in [6.07, 6.45) is 0. The van der Waals surface area contributed by atoms with Crippen molar-refractivity contribution in [1.29, 1.82) is 0 Å². The van der Waals surface area contributed by atoms with Crippen LogP contribution in [0.4, 0.5) is 11.4 Å². The average molecular weight is 325 g/mol. The van der Waals surface area contributed by atoms with Crippen molar-refractivity contribution < 1.29 is 9.72 Å². The highest BCUT2D eigenvalue weighted by molar-refractivity contribution is 6.34. The number of halogens is 2. The second-order valence-electron chi connectivity index (χ2n) is 4.31. The van der Waals surface area contributed by atoms with Crippen LogP contribution in [0.2, 0.25) is 10.0 Å². The molecule has 0 radical (unpaired) electrons. The number of anilines is 1. The molecule has 0 aromatic heterocycles. The summed E-state index contributed by atoms with van der Waals surface area (Å²) in [5.41, 5.74) is 1.27. The molecule has 0 aliphatic rings. The molecule has 0 atom stereocenters. The molecule has 2 aromatic carbocycles. The van der Waals surface area contributed by atoms with E-state index in [1.165, 1.54) is 18.2 Å². The third-order valence-corrected chi connectivity index (χ3v) is 3.48. The molecule has 0 spiro atoms. The van der Waals surface area contributed by atoms with E-state index in [0.29, 0.717) is 10.7 Å². The van der Waals surface area contributed by atoms with Crippen LogP contribution in [0.25, 0.3) is 0 Å². The van der Waals surface area contributed by atoms with Gasteiger partial charge in [0.15, 0.2) is 0 Å². The van der Waals surface area contributed by atoms with Gasteiger partial charge in [-0.1, -0.05) is 35.3 Å². The fourth-order valence-electron chi connectivity index (χ4n) is 1.77. The van der Waals surface area contributed by atoms with E-state index in [0.717, 1.165) is 5.56 Å². The number of amides is 1. The van der Waals surface area contributed by atoms with E-state index in [4.69, 9.17) is 23.2 Å². The third-order valence-electron chi connectivity index (χ3n) is 2.87. The lowest BCUT2D eigenvalue weighted by Gasteiger charge is -2.10. The van der Waals surface area contributed by atoms with Crippen molar-refractivity contribution in [3.05, 3.63) is 67.7 Å². The van der Waals surface area contributed by atoms with Crippen molar-refractivity contribution in [2.45, 2.75) is 6.92 Å². The summed E-state index contributed by atoms with van der Waals surface area (Å²) in [5.74, 6) is -0.442. The van der Waals surface area contributed by atoms with Gasteiger partial charge in [-0.2, -0.15) is 0 Å². The second kappa shape index (κ2) is 6.11. The first kappa shape index (κ1) is 15.3. The molecule has 1 amide bonds. The van der Waals surface area contributed by atoms with Crippen molar-refractivity contribution in [1.82, 2.24) is 0 Å². The molecule has 1 N–H and O–H groups in total. The van der Waals surface area contributed by atoms with Gasteiger partial charge in [-0.15, -0.1) is 0 Å². The lowest BCUT2D eigenvalue weighted by molar-refractivity contribution is -0.384. The molecular formula is C14H10Cl2N2O3. The fourth-order valence-corrected chi connectivity index (χ4v) is 2.29. The van der Waals surface area contributed by atoms with E-state index in [2.05, 4.69) is 5.32 Å². The van der Waals surface area contributed by atoms with Gasteiger partial charge in [0.2, 0.25) is 0 Å². The van der Waals surface area contributed by atoms with E-state index in [1.807, 2.05) is 13.0 Å². The first-order chi connectivity index (χ1) is 9.90. The minimum absolute atomic E-state index is 0.0940. The van der Waals surface area contributed by atoms with Crippen molar-refractivity contribution >= 4 is 40.5 Å². The minimum Gasteiger partial charge on any atom is -0.320 e. The van der Waals surface area contributed by atoms with Crippen LogP contribution in [0.3, 0.4) is 0 Å². The Kier molecular flexibility index (Phi) is 4.45. The Bertz CT molecular complexity index is 712. The summed E-state index contributed by atoms with van der Waals surface area (Å²) in [6, 6.07) is 9.02. The molecule has 0 aliphatic carbocycles. The number of hydrogen-bond acceptors (Lipinski definition) is 3. The maximum Gasteiger partial charge on any atom is 0.287 e. The molecule has 21 heavy (non-hydrogen) atoms. The van der Waals surface area contributed by atoms with Gasteiger partial charge in [-0.05, 0) is 30.7 Å². The monoisotopic (exact) mass is 324 g/mol. The third kappa shape index (κ3) is 3.32. The Morgan fingerprint density at radius 2 is 1.90 bits per heavy atom. The minimum atomic E-state index is -0.609. The zero-order valence-corrected chi connectivity index (χ0v) is 12.4. The molecule has 0 aliphatic heterocycles. The zero-order valence-electron chi connectivity index (χ0n) is 10.9. The molecule has 2 aromatic rings. The molecule has 0 unspecified atom stereocenters. The highest BCUT2D eigenvalue weighted by Gasteiger charge is 2.16. The number of benzene rings is 2. The molecule has 0 saturated carbocycles. The molecule has 108 valence electrons. The highest BCUT2D eigenvalue weighted by atomic mass is 35.5. The lowest BCUT2D eigenvalue weighted by atomic mass is 10.1. The van der Waals surface area contributed by atoms with E-state index in [9.17, 15) is 14.9 Å². The van der Waals surface area contributed by atoms with Crippen LogP contribution in [0.1, 0.15) is 15.9 Å². The van der Waals surface area contributed by atoms with Crippen molar-refractivity contribution in [2.24, 2.45) is 0 Å². The van der Waals surface area contributed by atoms with Gasteiger partial charge >= 0.3 is 0 Å². The maximum atomic E-state index is 12.2. The number of nitro groups is 1. The molecule has 7 heteroatoms. The van der Waals surface area contributed by atoms with Gasteiger partial charge < -0.3 is 5.32 Å². The average Bonchev–Trinajstić information content (AvgIpc) is 2.42. The quantitative estimate of drug-likeness (QED) is 0.669. The topological polar surface area (TPSA) is 72.2 Å². The highest BCUT2D eigenvalue weighted by Crippen LogP contribution is 2.28. The SMILES string of the molecule is Cc1cccc(Cl)c1NC(=O)c1ccc([N+](=O)[O-])c(Cl)c1. The Labute approximate surface area is 130 Å². The number of nitrogens with one attached hydrogen (secondary N) is 1. The standard InChI is InChI=1S/C14H10Cl2N2O3/c1-8-3-2-4-10(15)13(8)17-14(19)9-5-6-12(18(20)21)11(16)7-9/h2-7H,1H3,(H,17,19).